The standard InChI is InChI=1S/C16H16ClFN2O/c1-10(11-4-3-5-13(18)8-11)20-16(21)14-9-12(17)6-7-15(14)19-2/h3-10,19H,1-2H3,(H,20,21). The summed E-state index contributed by atoms with van der Waals surface area (Å²) >= 11 is 5.93. The van der Waals surface area contributed by atoms with Gasteiger partial charge in [-0.25, -0.2) is 4.39 Å². The number of carbonyl (C=O) groups is 1. The van der Waals surface area contributed by atoms with E-state index in [4.69, 9.17) is 11.6 Å². The molecule has 21 heavy (non-hydrogen) atoms. The molecule has 110 valence electrons. The maximum absolute atomic E-state index is 13.2. The largest absolute Gasteiger partial charge is 0.387 e. The zero-order valence-corrected chi connectivity index (χ0v) is 12.5. The molecule has 0 heterocycles. The molecule has 3 nitrogen and oxygen atoms in total. The summed E-state index contributed by atoms with van der Waals surface area (Å²) in [5, 5.41) is 6.27. The predicted molar refractivity (Wildman–Crippen MR) is 83.3 cm³/mol. The summed E-state index contributed by atoms with van der Waals surface area (Å²) in [5.74, 6) is -0.592. The minimum atomic E-state index is -0.327. The molecule has 0 radical (unpaired) electrons. The van der Waals surface area contributed by atoms with Crippen LogP contribution in [0.5, 0.6) is 0 Å². The molecule has 1 amide bonds. The van der Waals surface area contributed by atoms with E-state index in [-0.39, 0.29) is 17.8 Å². The first-order valence-corrected chi connectivity index (χ1v) is 6.92. The fourth-order valence-electron chi connectivity index (χ4n) is 2.06. The van der Waals surface area contributed by atoms with Crippen molar-refractivity contribution in [1.29, 1.82) is 0 Å². The summed E-state index contributed by atoms with van der Waals surface area (Å²) < 4.78 is 13.2. The van der Waals surface area contributed by atoms with Crippen LogP contribution in [0.4, 0.5) is 10.1 Å². The van der Waals surface area contributed by atoms with Crippen molar-refractivity contribution in [3.05, 3.63) is 64.4 Å². The van der Waals surface area contributed by atoms with Crippen LogP contribution in [0.3, 0.4) is 0 Å². The first-order chi connectivity index (χ1) is 10.0. The topological polar surface area (TPSA) is 41.1 Å². The number of carbonyl (C=O) groups excluding carboxylic acids is 1. The van der Waals surface area contributed by atoms with Crippen LogP contribution >= 0.6 is 11.6 Å². The van der Waals surface area contributed by atoms with Crippen molar-refractivity contribution in [2.24, 2.45) is 0 Å². The second-order valence-electron chi connectivity index (χ2n) is 4.69. The molecule has 2 N–H and O–H groups in total. The lowest BCUT2D eigenvalue weighted by molar-refractivity contribution is 0.0940. The smallest absolute Gasteiger partial charge is 0.253 e. The van der Waals surface area contributed by atoms with E-state index in [1.54, 1.807) is 44.3 Å². The Morgan fingerprint density at radius 1 is 1.24 bits per heavy atom. The number of rotatable bonds is 4. The van der Waals surface area contributed by atoms with Gasteiger partial charge in [0.15, 0.2) is 0 Å². The Balaban J connectivity index is 2.20. The molecule has 2 aromatic rings. The van der Waals surface area contributed by atoms with Gasteiger partial charge in [-0.2, -0.15) is 0 Å². The average molecular weight is 307 g/mol. The normalized spacial score (nSPS) is 11.8. The molecule has 0 fully saturated rings. The van der Waals surface area contributed by atoms with Crippen LogP contribution in [0.2, 0.25) is 5.02 Å². The second kappa shape index (κ2) is 6.59. The summed E-state index contributed by atoms with van der Waals surface area (Å²) in [6.07, 6.45) is 0. The van der Waals surface area contributed by atoms with Gasteiger partial charge in [-0.3, -0.25) is 4.79 Å². The molecule has 1 atom stereocenters. The molecule has 0 aliphatic carbocycles. The zero-order chi connectivity index (χ0) is 15.4. The second-order valence-corrected chi connectivity index (χ2v) is 5.13. The van der Waals surface area contributed by atoms with Gasteiger partial charge in [0.05, 0.1) is 11.6 Å². The van der Waals surface area contributed by atoms with Crippen molar-refractivity contribution in [3.8, 4) is 0 Å². The third-order valence-corrected chi connectivity index (χ3v) is 3.43. The first-order valence-electron chi connectivity index (χ1n) is 6.55. The molecule has 0 saturated heterocycles. The van der Waals surface area contributed by atoms with Crippen molar-refractivity contribution in [1.82, 2.24) is 5.32 Å². The quantitative estimate of drug-likeness (QED) is 0.896. The average Bonchev–Trinajstić information content (AvgIpc) is 2.47. The van der Waals surface area contributed by atoms with Gasteiger partial charge in [-0.15, -0.1) is 0 Å². The Kier molecular flexibility index (Phi) is 4.81. The molecule has 2 aromatic carbocycles. The van der Waals surface area contributed by atoms with Crippen molar-refractivity contribution in [2.45, 2.75) is 13.0 Å². The van der Waals surface area contributed by atoms with Crippen molar-refractivity contribution >= 4 is 23.2 Å². The highest BCUT2D eigenvalue weighted by molar-refractivity contribution is 6.31. The minimum absolute atomic E-state index is 0.265. The molecule has 0 bridgehead atoms. The van der Waals surface area contributed by atoms with E-state index < -0.39 is 0 Å². The van der Waals surface area contributed by atoms with Crippen LogP contribution in [-0.2, 0) is 0 Å². The van der Waals surface area contributed by atoms with Crippen molar-refractivity contribution in [2.75, 3.05) is 12.4 Å². The third kappa shape index (κ3) is 3.73. The van der Waals surface area contributed by atoms with E-state index in [1.165, 1.54) is 12.1 Å². The predicted octanol–water partition coefficient (Wildman–Crippen LogP) is 4.01. The lowest BCUT2D eigenvalue weighted by Gasteiger charge is -2.16. The highest BCUT2D eigenvalue weighted by atomic mass is 35.5. The Bertz CT molecular complexity index is 660. The maximum Gasteiger partial charge on any atom is 0.253 e. The van der Waals surface area contributed by atoms with Gasteiger partial charge in [0.2, 0.25) is 0 Å². The molecule has 0 spiro atoms. The first kappa shape index (κ1) is 15.3. The number of benzene rings is 2. The van der Waals surface area contributed by atoms with Crippen LogP contribution in [0.1, 0.15) is 28.9 Å². The highest BCUT2D eigenvalue weighted by Gasteiger charge is 2.15. The number of hydrogen-bond donors (Lipinski definition) is 2. The number of nitrogens with one attached hydrogen (secondary N) is 2. The van der Waals surface area contributed by atoms with Crippen molar-refractivity contribution in [3.63, 3.8) is 0 Å². The maximum atomic E-state index is 13.2. The summed E-state index contributed by atoms with van der Waals surface area (Å²) in [7, 11) is 1.73. The zero-order valence-electron chi connectivity index (χ0n) is 11.8. The van der Waals surface area contributed by atoms with Gasteiger partial charge >= 0.3 is 0 Å². The SMILES string of the molecule is CNc1ccc(Cl)cc1C(=O)NC(C)c1cccc(F)c1. The van der Waals surface area contributed by atoms with Crippen molar-refractivity contribution < 1.29 is 9.18 Å². The molecule has 5 heteroatoms. The van der Waals surface area contributed by atoms with Crippen LogP contribution in [0.15, 0.2) is 42.5 Å². The van der Waals surface area contributed by atoms with Crippen LogP contribution in [0.25, 0.3) is 0 Å². The molecule has 0 aliphatic rings. The molecule has 2 rings (SSSR count). The van der Waals surface area contributed by atoms with E-state index >= 15 is 0 Å². The Labute approximate surface area is 128 Å². The number of anilines is 1. The Morgan fingerprint density at radius 2 is 2.00 bits per heavy atom. The molecule has 0 saturated carbocycles. The molecular weight excluding hydrogens is 291 g/mol. The fourth-order valence-corrected chi connectivity index (χ4v) is 2.23. The summed E-state index contributed by atoms with van der Waals surface area (Å²) in [6, 6.07) is 10.9. The lowest BCUT2D eigenvalue weighted by Crippen LogP contribution is -2.27. The monoisotopic (exact) mass is 306 g/mol. The summed E-state index contributed by atoms with van der Waals surface area (Å²) in [5.41, 5.74) is 1.84. The third-order valence-electron chi connectivity index (χ3n) is 3.19. The van der Waals surface area contributed by atoms with E-state index in [9.17, 15) is 9.18 Å². The minimum Gasteiger partial charge on any atom is -0.387 e. The van der Waals surface area contributed by atoms with E-state index in [0.29, 0.717) is 21.8 Å². The van der Waals surface area contributed by atoms with Gasteiger partial charge in [-0.1, -0.05) is 23.7 Å². The fraction of sp³-hybridized carbons (Fsp3) is 0.188. The summed E-state index contributed by atoms with van der Waals surface area (Å²) in [6.45, 7) is 1.80. The van der Waals surface area contributed by atoms with E-state index in [1.807, 2.05) is 0 Å². The van der Waals surface area contributed by atoms with E-state index in [0.717, 1.165) is 0 Å². The van der Waals surface area contributed by atoms with Crippen LogP contribution in [-0.4, -0.2) is 13.0 Å². The molecule has 1 unspecified atom stereocenters. The number of hydrogen-bond acceptors (Lipinski definition) is 2. The number of amides is 1. The van der Waals surface area contributed by atoms with Gasteiger partial charge in [-0.05, 0) is 42.8 Å². The highest BCUT2D eigenvalue weighted by Crippen LogP contribution is 2.21. The number of halogens is 2. The van der Waals surface area contributed by atoms with Gasteiger partial charge in [0.25, 0.3) is 5.91 Å². The van der Waals surface area contributed by atoms with E-state index in [2.05, 4.69) is 10.6 Å². The molecule has 0 aromatic heterocycles. The van der Waals surface area contributed by atoms with Crippen LogP contribution in [0, 0.1) is 5.82 Å². The van der Waals surface area contributed by atoms with Gasteiger partial charge in [0, 0.05) is 17.8 Å². The Morgan fingerprint density at radius 3 is 2.67 bits per heavy atom. The lowest BCUT2D eigenvalue weighted by atomic mass is 10.1. The summed E-state index contributed by atoms with van der Waals surface area (Å²) in [4.78, 5) is 12.3. The molecule has 0 aliphatic heterocycles. The van der Waals surface area contributed by atoms with Gasteiger partial charge < -0.3 is 10.6 Å². The van der Waals surface area contributed by atoms with Crippen LogP contribution < -0.4 is 10.6 Å². The Hall–Kier alpha value is -2.07. The molecular formula is C16H16ClFN2O. The van der Waals surface area contributed by atoms with Gasteiger partial charge in [0.1, 0.15) is 5.82 Å².